The summed E-state index contributed by atoms with van der Waals surface area (Å²) in [7, 11) is 1.64. The molecule has 0 aromatic heterocycles. The van der Waals surface area contributed by atoms with E-state index in [0.29, 0.717) is 20.8 Å². The molecule has 2 aromatic carbocycles. The second kappa shape index (κ2) is 8.04. The second-order valence-corrected chi connectivity index (χ2v) is 7.60. The van der Waals surface area contributed by atoms with Gasteiger partial charge in [-0.15, -0.1) is 0 Å². The lowest BCUT2D eigenvalue weighted by molar-refractivity contribution is -0.122. The maximum Gasteiger partial charge on any atom is 0.266 e. The average molecular weight is 390 g/mol. The van der Waals surface area contributed by atoms with Gasteiger partial charge in [0.2, 0.25) is 0 Å². The first-order valence-corrected chi connectivity index (χ1v) is 9.31. The molecule has 0 saturated carbocycles. The maximum absolute atomic E-state index is 12.6. The minimum Gasteiger partial charge on any atom is -0.497 e. The third-order valence-electron chi connectivity index (χ3n) is 3.82. The number of carbonyl (C=O) groups is 1. The summed E-state index contributed by atoms with van der Waals surface area (Å²) in [6, 6.07) is 15.2. The lowest BCUT2D eigenvalue weighted by Gasteiger charge is -2.14. The predicted octanol–water partition coefficient (Wildman–Crippen LogP) is 4.79. The number of benzene rings is 2. The third kappa shape index (κ3) is 4.42. The van der Waals surface area contributed by atoms with Crippen molar-refractivity contribution in [1.82, 2.24) is 4.90 Å². The highest BCUT2D eigenvalue weighted by atomic mass is 35.5. The molecule has 0 atom stereocenters. The molecule has 3 rings (SSSR count). The van der Waals surface area contributed by atoms with E-state index in [1.165, 1.54) is 11.8 Å². The Hall–Kier alpha value is -1.82. The molecule has 1 amide bonds. The van der Waals surface area contributed by atoms with Crippen molar-refractivity contribution in [3.8, 4) is 5.75 Å². The van der Waals surface area contributed by atoms with Crippen LogP contribution in [0.25, 0.3) is 6.08 Å². The molecule has 6 heteroatoms. The summed E-state index contributed by atoms with van der Waals surface area (Å²) in [6.07, 6.45) is 2.59. The molecule has 0 N–H and O–H groups in total. The smallest absolute Gasteiger partial charge is 0.266 e. The van der Waals surface area contributed by atoms with E-state index in [9.17, 15) is 4.79 Å². The Morgan fingerprint density at radius 2 is 1.84 bits per heavy atom. The van der Waals surface area contributed by atoms with Crippen molar-refractivity contribution < 1.29 is 9.53 Å². The number of thiocarbonyl (C=S) groups is 1. The molecule has 0 bridgehead atoms. The van der Waals surface area contributed by atoms with Gasteiger partial charge < -0.3 is 4.74 Å². The van der Waals surface area contributed by atoms with Gasteiger partial charge in [0.25, 0.3) is 5.91 Å². The Morgan fingerprint density at radius 1 is 1.16 bits per heavy atom. The van der Waals surface area contributed by atoms with E-state index in [0.717, 1.165) is 23.3 Å². The highest BCUT2D eigenvalue weighted by Crippen LogP contribution is 2.32. The number of carbonyl (C=O) groups excluding carboxylic acids is 1. The van der Waals surface area contributed by atoms with E-state index >= 15 is 0 Å². The molecule has 1 fully saturated rings. The number of ether oxygens (including phenoxy) is 1. The zero-order chi connectivity index (χ0) is 17.8. The number of nitrogens with zero attached hydrogens (tertiary/aromatic N) is 1. The first-order valence-electron chi connectivity index (χ1n) is 7.70. The fourth-order valence-electron chi connectivity index (χ4n) is 2.44. The van der Waals surface area contributed by atoms with Crippen LogP contribution in [0.5, 0.6) is 5.75 Å². The molecule has 128 valence electrons. The van der Waals surface area contributed by atoms with Crippen LogP contribution in [0.1, 0.15) is 11.1 Å². The van der Waals surface area contributed by atoms with Crippen LogP contribution in [-0.4, -0.2) is 28.8 Å². The minimum absolute atomic E-state index is 0.0431. The van der Waals surface area contributed by atoms with Crippen LogP contribution in [0, 0.1) is 0 Å². The summed E-state index contributed by atoms with van der Waals surface area (Å²) < 4.78 is 5.75. The van der Waals surface area contributed by atoms with Gasteiger partial charge in [-0.1, -0.05) is 59.8 Å². The van der Waals surface area contributed by atoms with E-state index in [2.05, 4.69) is 0 Å². The van der Waals surface area contributed by atoms with Crippen LogP contribution in [-0.2, 0) is 11.2 Å². The molecule has 1 aliphatic heterocycles. The molecule has 1 heterocycles. The fraction of sp³-hybridized carbons (Fsp3) is 0.158. The van der Waals surface area contributed by atoms with E-state index in [1.54, 1.807) is 24.1 Å². The largest absolute Gasteiger partial charge is 0.497 e. The molecule has 0 spiro atoms. The van der Waals surface area contributed by atoms with Gasteiger partial charge in [0.05, 0.1) is 12.0 Å². The molecule has 1 aliphatic rings. The van der Waals surface area contributed by atoms with E-state index in [1.807, 2.05) is 42.5 Å². The second-order valence-electron chi connectivity index (χ2n) is 5.48. The van der Waals surface area contributed by atoms with Crippen LogP contribution in [0.2, 0.25) is 5.02 Å². The number of amides is 1. The van der Waals surface area contributed by atoms with Gasteiger partial charge in [-0.3, -0.25) is 9.69 Å². The summed E-state index contributed by atoms with van der Waals surface area (Å²) >= 11 is 12.6. The van der Waals surface area contributed by atoms with Crippen LogP contribution < -0.4 is 4.74 Å². The van der Waals surface area contributed by atoms with Crippen molar-refractivity contribution in [3.63, 3.8) is 0 Å². The number of hydrogen-bond acceptors (Lipinski definition) is 4. The minimum atomic E-state index is -0.0431. The monoisotopic (exact) mass is 389 g/mol. The number of rotatable bonds is 5. The first kappa shape index (κ1) is 18.0. The van der Waals surface area contributed by atoms with Gasteiger partial charge in [0, 0.05) is 11.6 Å². The Balaban J connectivity index is 1.67. The Morgan fingerprint density at radius 3 is 2.48 bits per heavy atom. The molecule has 1 saturated heterocycles. The first-order chi connectivity index (χ1) is 12.1. The van der Waals surface area contributed by atoms with E-state index in [-0.39, 0.29) is 5.91 Å². The average Bonchev–Trinajstić information content (AvgIpc) is 2.89. The molecule has 0 radical (unpaired) electrons. The van der Waals surface area contributed by atoms with Crippen LogP contribution >= 0.6 is 35.6 Å². The van der Waals surface area contributed by atoms with Crippen molar-refractivity contribution in [3.05, 3.63) is 69.6 Å². The number of thioether (sulfide) groups is 1. The van der Waals surface area contributed by atoms with Crippen molar-refractivity contribution in [2.75, 3.05) is 13.7 Å². The highest BCUT2D eigenvalue weighted by molar-refractivity contribution is 8.26. The molecule has 3 nitrogen and oxygen atoms in total. The highest BCUT2D eigenvalue weighted by Gasteiger charge is 2.31. The lowest BCUT2D eigenvalue weighted by Crippen LogP contribution is -2.30. The van der Waals surface area contributed by atoms with Gasteiger partial charge in [0.15, 0.2) is 0 Å². The number of hydrogen-bond donors (Lipinski definition) is 0. The van der Waals surface area contributed by atoms with Gasteiger partial charge >= 0.3 is 0 Å². The van der Waals surface area contributed by atoms with Crippen molar-refractivity contribution in [2.45, 2.75) is 6.42 Å². The van der Waals surface area contributed by atoms with Crippen molar-refractivity contribution in [1.29, 1.82) is 0 Å². The van der Waals surface area contributed by atoms with Crippen molar-refractivity contribution >= 4 is 51.9 Å². The van der Waals surface area contributed by atoms with Crippen LogP contribution in [0.15, 0.2) is 53.4 Å². The van der Waals surface area contributed by atoms with E-state index in [4.69, 9.17) is 28.6 Å². The van der Waals surface area contributed by atoms with Gasteiger partial charge in [0.1, 0.15) is 10.1 Å². The Bertz CT molecular complexity index is 816. The zero-order valence-electron chi connectivity index (χ0n) is 13.6. The number of methoxy groups -OCH3 is 1. The molecule has 2 aromatic rings. The SMILES string of the molecule is COc1ccc(CCN2C(=O)C(=Cc3ccc(Cl)cc3)SC2=S)cc1. The zero-order valence-corrected chi connectivity index (χ0v) is 16.0. The Labute approximate surface area is 161 Å². The fourth-order valence-corrected chi connectivity index (χ4v) is 3.87. The quantitative estimate of drug-likeness (QED) is 0.543. The summed E-state index contributed by atoms with van der Waals surface area (Å²) in [6.45, 7) is 0.564. The summed E-state index contributed by atoms with van der Waals surface area (Å²) in [5.74, 6) is 0.777. The number of halogens is 1. The van der Waals surface area contributed by atoms with Gasteiger partial charge in [-0.05, 0) is 47.9 Å². The summed E-state index contributed by atoms with van der Waals surface area (Å²) in [5, 5.41) is 0.671. The van der Waals surface area contributed by atoms with Gasteiger partial charge in [-0.2, -0.15) is 0 Å². The maximum atomic E-state index is 12.6. The molecular weight excluding hydrogens is 374 g/mol. The van der Waals surface area contributed by atoms with Crippen molar-refractivity contribution in [2.24, 2.45) is 0 Å². The predicted molar refractivity (Wildman–Crippen MR) is 108 cm³/mol. The summed E-state index contributed by atoms with van der Waals surface area (Å²) in [4.78, 5) is 14.9. The molecule has 25 heavy (non-hydrogen) atoms. The van der Waals surface area contributed by atoms with Crippen LogP contribution in [0.4, 0.5) is 0 Å². The lowest BCUT2D eigenvalue weighted by atomic mass is 10.1. The van der Waals surface area contributed by atoms with Crippen LogP contribution in [0.3, 0.4) is 0 Å². The standard InChI is InChI=1S/C19H16ClNO2S2/c1-23-16-8-4-13(5-9-16)10-11-21-18(22)17(25-19(21)24)12-14-2-6-15(20)7-3-14/h2-9,12H,10-11H2,1H3. The third-order valence-corrected chi connectivity index (χ3v) is 5.45. The normalized spacial score (nSPS) is 15.9. The van der Waals surface area contributed by atoms with E-state index < -0.39 is 0 Å². The molecule has 0 aliphatic carbocycles. The topological polar surface area (TPSA) is 29.5 Å². The van der Waals surface area contributed by atoms with Gasteiger partial charge in [-0.25, -0.2) is 0 Å². The summed E-state index contributed by atoms with van der Waals surface area (Å²) in [5.41, 5.74) is 2.07. The molecule has 0 unspecified atom stereocenters. The Kier molecular flexibility index (Phi) is 5.78. The molecular formula is C19H16ClNO2S2.